The molecule has 0 rings (SSSR count). The molecule has 0 aromatic rings. The lowest BCUT2D eigenvalue weighted by molar-refractivity contribution is 0.0404. The largest absolute Gasteiger partial charge is 0.392 e. The normalized spacial score (nSPS) is 15.6. The van der Waals surface area contributed by atoms with Crippen LogP contribution in [0.25, 0.3) is 0 Å². The van der Waals surface area contributed by atoms with Gasteiger partial charge in [-0.05, 0) is 19.3 Å². The fourth-order valence-corrected chi connectivity index (χ4v) is 1.36. The van der Waals surface area contributed by atoms with Crippen LogP contribution in [-0.2, 0) is 4.74 Å². The average molecular weight is 219 g/mol. The second kappa shape index (κ2) is 9.09. The van der Waals surface area contributed by atoms with Crippen molar-refractivity contribution in [2.75, 3.05) is 26.3 Å². The first kappa shape index (κ1) is 14.8. The van der Waals surface area contributed by atoms with E-state index >= 15 is 0 Å². The number of nitrogens with one attached hydrogen (secondary N) is 1. The Labute approximate surface area is 92.6 Å². The molecule has 0 aliphatic rings. The molecule has 2 atom stereocenters. The molecule has 0 aromatic carbocycles. The van der Waals surface area contributed by atoms with Crippen molar-refractivity contribution in [3.8, 4) is 0 Å². The van der Waals surface area contributed by atoms with E-state index in [4.69, 9.17) is 4.74 Å². The molecule has 4 nitrogen and oxygen atoms in total. The summed E-state index contributed by atoms with van der Waals surface area (Å²) < 4.78 is 5.06. The zero-order chi connectivity index (χ0) is 11.7. The number of aliphatic hydroxyl groups excluding tert-OH is 2. The summed E-state index contributed by atoms with van der Waals surface area (Å²) in [5.41, 5.74) is 0. The number of aliphatic hydroxyl groups is 2. The quantitative estimate of drug-likeness (QED) is 0.525. The third-order valence-corrected chi connectivity index (χ3v) is 2.02. The second-order valence-corrected chi connectivity index (χ2v) is 4.25. The van der Waals surface area contributed by atoms with Gasteiger partial charge in [0.05, 0.1) is 18.8 Å². The first-order valence-electron chi connectivity index (χ1n) is 5.70. The fourth-order valence-electron chi connectivity index (χ4n) is 1.36. The molecule has 0 bridgehead atoms. The van der Waals surface area contributed by atoms with Crippen LogP contribution in [0.1, 0.15) is 27.2 Å². The molecular weight excluding hydrogens is 194 g/mol. The van der Waals surface area contributed by atoms with E-state index in [-0.39, 0.29) is 6.10 Å². The topological polar surface area (TPSA) is 61.7 Å². The molecule has 0 spiro atoms. The molecule has 0 aliphatic heterocycles. The summed E-state index contributed by atoms with van der Waals surface area (Å²) in [6.07, 6.45) is -0.0327. The Kier molecular flexibility index (Phi) is 9.00. The second-order valence-electron chi connectivity index (χ2n) is 4.25. The van der Waals surface area contributed by atoms with Crippen LogP contribution >= 0.6 is 0 Å². The van der Waals surface area contributed by atoms with E-state index in [1.54, 1.807) is 0 Å². The van der Waals surface area contributed by atoms with Gasteiger partial charge in [0.15, 0.2) is 0 Å². The van der Waals surface area contributed by atoms with Gasteiger partial charge in [0.25, 0.3) is 0 Å². The molecule has 4 heteroatoms. The summed E-state index contributed by atoms with van der Waals surface area (Å²) in [6.45, 7) is 8.01. The zero-order valence-electron chi connectivity index (χ0n) is 10.1. The lowest BCUT2D eigenvalue weighted by Gasteiger charge is -2.16. The first-order valence-corrected chi connectivity index (χ1v) is 5.70. The fraction of sp³-hybridized carbons (Fsp3) is 1.00. The predicted molar refractivity (Wildman–Crippen MR) is 60.8 cm³/mol. The SMILES string of the molecule is CCOCC(O)CNCC(O)CC(C)C. The van der Waals surface area contributed by atoms with Gasteiger partial charge in [-0.1, -0.05) is 13.8 Å². The van der Waals surface area contributed by atoms with E-state index < -0.39 is 6.10 Å². The lowest BCUT2D eigenvalue weighted by Crippen LogP contribution is -2.35. The van der Waals surface area contributed by atoms with Crippen LogP contribution in [0.15, 0.2) is 0 Å². The minimum atomic E-state index is -0.490. The molecule has 2 unspecified atom stereocenters. The highest BCUT2D eigenvalue weighted by Crippen LogP contribution is 2.03. The molecule has 0 saturated heterocycles. The number of ether oxygens (including phenoxy) is 1. The van der Waals surface area contributed by atoms with Crippen LogP contribution in [0, 0.1) is 5.92 Å². The molecule has 0 aromatic heterocycles. The molecule has 0 radical (unpaired) electrons. The van der Waals surface area contributed by atoms with Crippen molar-refractivity contribution in [3.05, 3.63) is 0 Å². The van der Waals surface area contributed by atoms with Crippen LogP contribution in [0.2, 0.25) is 0 Å². The Bertz CT molecular complexity index is 142. The molecule has 0 aliphatic carbocycles. The maximum atomic E-state index is 9.53. The van der Waals surface area contributed by atoms with Gasteiger partial charge in [-0.25, -0.2) is 0 Å². The molecule has 0 saturated carbocycles. The molecule has 92 valence electrons. The van der Waals surface area contributed by atoms with E-state index in [1.165, 1.54) is 0 Å². The summed E-state index contributed by atoms with van der Waals surface area (Å²) in [7, 11) is 0. The van der Waals surface area contributed by atoms with Crippen molar-refractivity contribution < 1.29 is 14.9 Å². The molecule has 0 fully saturated rings. The highest BCUT2D eigenvalue weighted by Gasteiger charge is 2.08. The van der Waals surface area contributed by atoms with Crippen molar-refractivity contribution in [1.29, 1.82) is 0 Å². The first-order chi connectivity index (χ1) is 7.06. The Morgan fingerprint density at radius 1 is 1.13 bits per heavy atom. The molecular formula is C11H25NO3. The lowest BCUT2D eigenvalue weighted by atomic mass is 10.1. The van der Waals surface area contributed by atoms with Crippen LogP contribution in [0.5, 0.6) is 0 Å². The van der Waals surface area contributed by atoms with E-state index in [9.17, 15) is 10.2 Å². The van der Waals surface area contributed by atoms with Crippen molar-refractivity contribution in [2.45, 2.75) is 39.4 Å². The van der Waals surface area contributed by atoms with Gasteiger partial charge >= 0.3 is 0 Å². The monoisotopic (exact) mass is 219 g/mol. The minimum absolute atomic E-state index is 0.329. The number of hydrogen-bond acceptors (Lipinski definition) is 4. The number of rotatable bonds is 9. The Morgan fingerprint density at radius 3 is 2.27 bits per heavy atom. The smallest absolute Gasteiger partial charge is 0.0897 e. The van der Waals surface area contributed by atoms with Crippen molar-refractivity contribution in [3.63, 3.8) is 0 Å². The van der Waals surface area contributed by atoms with Gasteiger partial charge < -0.3 is 20.3 Å². The van der Waals surface area contributed by atoms with Gasteiger partial charge in [0, 0.05) is 19.7 Å². The van der Waals surface area contributed by atoms with Crippen molar-refractivity contribution in [2.24, 2.45) is 5.92 Å². The van der Waals surface area contributed by atoms with Gasteiger partial charge in [-0.15, -0.1) is 0 Å². The molecule has 0 amide bonds. The van der Waals surface area contributed by atoms with Crippen molar-refractivity contribution in [1.82, 2.24) is 5.32 Å². The third kappa shape index (κ3) is 10.1. The van der Waals surface area contributed by atoms with Gasteiger partial charge in [0.2, 0.25) is 0 Å². The van der Waals surface area contributed by atoms with Crippen LogP contribution in [0.3, 0.4) is 0 Å². The predicted octanol–water partition coefficient (Wildman–Crippen LogP) is 0.380. The van der Waals surface area contributed by atoms with Gasteiger partial charge in [-0.2, -0.15) is 0 Å². The Balaban J connectivity index is 3.35. The summed E-state index contributed by atoms with van der Waals surface area (Å²) in [5, 5.41) is 22.0. The van der Waals surface area contributed by atoms with Crippen LogP contribution in [-0.4, -0.2) is 48.7 Å². The van der Waals surface area contributed by atoms with E-state index in [0.717, 1.165) is 6.42 Å². The van der Waals surface area contributed by atoms with Crippen molar-refractivity contribution >= 4 is 0 Å². The van der Waals surface area contributed by atoms with E-state index in [2.05, 4.69) is 19.2 Å². The third-order valence-electron chi connectivity index (χ3n) is 2.02. The van der Waals surface area contributed by atoms with Gasteiger partial charge in [-0.3, -0.25) is 0 Å². The van der Waals surface area contributed by atoms with Crippen LogP contribution < -0.4 is 5.32 Å². The highest BCUT2D eigenvalue weighted by molar-refractivity contribution is 4.64. The standard InChI is InChI=1S/C11H25NO3/c1-4-15-8-11(14)7-12-6-10(13)5-9(2)3/h9-14H,4-8H2,1-3H3. The summed E-state index contributed by atoms with van der Waals surface area (Å²) in [6, 6.07) is 0. The van der Waals surface area contributed by atoms with Gasteiger partial charge in [0.1, 0.15) is 0 Å². The zero-order valence-corrected chi connectivity index (χ0v) is 10.1. The van der Waals surface area contributed by atoms with Crippen LogP contribution in [0.4, 0.5) is 0 Å². The highest BCUT2D eigenvalue weighted by atomic mass is 16.5. The molecule has 15 heavy (non-hydrogen) atoms. The van der Waals surface area contributed by atoms with E-state index in [0.29, 0.717) is 32.2 Å². The Morgan fingerprint density at radius 2 is 1.73 bits per heavy atom. The Hall–Kier alpha value is -0.160. The minimum Gasteiger partial charge on any atom is -0.392 e. The maximum Gasteiger partial charge on any atom is 0.0897 e. The number of hydrogen-bond donors (Lipinski definition) is 3. The summed E-state index contributed by atoms with van der Waals surface area (Å²) >= 11 is 0. The molecule has 0 heterocycles. The maximum absolute atomic E-state index is 9.53. The average Bonchev–Trinajstić information content (AvgIpc) is 2.13. The van der Waals surface area contributed by atoms with E-state index in [1.807, 2.05) is 6.92 Å². The summed E-state index contributed by atoms with van der Waals surface area (Å²) in [4.78, 5) is 0. The summed E-state index contributed by atoms with van der Waals surface area (Å²) in [5.74, 6) is 0.496. The molecule has 3 N–H and O–H groups in total.